The van der Waals surface area contributed by atoms with Crippen LogP contribution in [-0.4, -0.2) is 49.5 Å². The van der Waals surface area contributed by atoms with Crippen LogP contribution in [0.1, 0.15) is 10.4 Å². The zero-order chi connectivity index (χ0) is 18.1. The number of H-pyrrole nitrogens is 1. The molecule has 0 atom stereocenters. The van der Waals surface area contributed by atoms with Gasteiger partial charge in [0.15, 0.2) is 11.5 Å². The number of anilines is 2. The van der Waals surface area contributed by atoms with Gasteiger partial charge in [-0.3, -0.25) is 14.3 Å². The summed E-state index contributed by atoms with van der Waals surface area (Å²) in [6.07, 6.45) is 8.89. The molecule has 2 N–H and O–H groups in total. The summed E-state index contributed by atoms with van der Waals surface area (Å²) in [6, 6.07) is 7.31. The van der Waals surface area contributed by atoms with Crippen molar-refractivity contribution in [1.82, 2.24) is 29.5 Å². The fraction of sp³-hybridized carbons (Fsp3) is 0.111. The van der Waals surface area contributed by atoms with Crippen molar-refractivity contribution >= 4 is 23.1 Å². The summed E-state index contributed by atoms with van der Waals surface area (Å²) in [5.41, 5.74) is 3.91. The molecule has 0 spiro atoms. The number of nitrogens with one attached hydrogen (secondary N) is 2. The number of rotatable bonds is 4. The summed E-state index contributed by atoms with van der Waals surface area (Å²) >= 11 is 0. The third kappa shape index (κ3) is 2.77. The minimum absolute atomic E-state index is 0.0529. The minimum atomic E-state index is -0.0529. The topological polar surface area (TPSA) is 91.2 Å². The zero-order valence-corrected chi connectivity index (χ0v) is 14.3. The molecule has 3 aromatic heterocycles. The molecule has 0 bridgehead atoms. The summed E-state index contributed by atoms with van der Waals surface area (Å²) < 4.78 is 1.94. The lowest BCUT2D eigenvalue weighted by molar-refractivity contribution is 0.0827. The van der Waals surface area contributed by atoms with E-state index in [1.54, 1.807) is 49.7 Å². The van der Waals surface area contributed by atoms with Crippen LogP contribution in [0.3, 0.4) is 0 Å². The lowest BCUT2D eigenvalue weighted by Crippen LogP contribution is -2.21. The zero-order valence-electron chi connectivity index (χ0n) is 14.3. The van der Waals surface area contributed by atoms with Gasteiger partial charge in [0.1, 0.15) is 0 Å². The monoisotopic (exact) mass is 347 g/mol. The molecule has 1 aromatic carbocycles. The number of benzene rings is 1. The highest BCUT2D eigenvalue weighted by Crippen LogP contribution is 2.24. The highest BCUT2D eigenvalue weighted by atomic mass is 16.2. The standard InChI is InChI=1S/C18H17N7O/c1-24(2)18(26)12-4-3-5-14(8-12)23-16-17-20-11-15(13-9-21-22-10-13)25(17)7-6-19-16/h3-11H,1-2H3,(H,19,23)(H,21,22). The van der Waals surface area contributed by atoms with Crippen LogP contribution in [-0.2, 0) is 0 Å². The van der Waals surface area contributed by atoms with Gasteiger partial charge < -0.3 is 10.2 Å². The maximum absolute atomic E-state index is 12.2. The number of aromatic amines is 1. The van der Waals surface area contributed by atoms with Gasteiger partial charge in [-0.05, 0) is 18.2 Å². The molecular formula is C18H17N7O. The highest BCUT2D eigenvalue weighted by molar-refractivity contribution is 5.95. The van der Waals surface area contributed by atoms with Gasteiger partial charge in [-0.25, -0.2) is 9.97 Å². The number of aromatic nitrogens is 5. The summed E-state index contributed by atoms with van der Waals surface area (Å²) in [5.74, 6) is 0.555. The molecule has 0 unspecified atom stereocenters. The Morgan fingerprint density at radius 1 is 1.23 bits per heavy atom. The molecule has 3 heterocycles. The first-order chi connectivity index (χ1) is 12.6. The highest BCUT2D eigenvalue weighted by Gasteiger charge is 2.12. The van der Waals surface area contributed by atoms with E-state index in [9.17, 15) is 4.79 Å². The molecule has 8 nitrogen and oxygen atoms in total. The molecule has 0 saturated carbocycles. The molecular weight excluding hydrogens is 330 g/mol. The van der Waals surface area contributed by atoms with Gasteiger partial charge in [0, 0.05) is 49.5 Å². The number of hydrogen-bond acceptors (Lipinski definition) is 5. The fourth-order valence-corrected chi connectivity index (χ4v) is 2.74. The van der Waals surface area contributed by atoms with E-state index in [1.807, 2.05) is 28.9 Å². The van der Waals surface area contributed by atoms with E-state index in [-0.39, 0.29) is 5.91 Å². The largest absolute Gasteiger partial charge is 0.345 e. The molecule has 8 heteroatoms. The molecule has 0 aliphatic rings. The lowest BCUT2D eigenvalue weighted by Gasteiger charge is -2.12. The van der Waals surface area contributed by atoms with Crippen molar-refractivity contribution in [3.05, 3.63) is 60.8 Å². The van der Waals surface area contributed by atoms with E-state index in [0.29, 0.717) is 17.0 Å². The average molecular weight is 347 g/mol. The van der Waals surface area contributed by atoms with Crippen molar-refractivity contribution in [3.8, 4) is 11.3 Å². The Bertz CT molecular complexity index is 1070. The Labute approximate surface area is 149 Å². The van der Waals surface area contributed by atoms with Gasteiger partial charge in [-0.1, -0.05) is 6.07 Å². The minimum Gasteiger partial charge on any atom is -0.345 e. The van der Waals surface area contributed by atoms with Crippen LogP contribution < -0.4 is 5.32 Å². The summed E-state index contributed by atoms with van der Waals surface area (Å²) in [4.78, 5) is 22.6. The van der Waals surface area contributed by atoms with E-state index in [2.05, 4.69) is 25.5 Å². The van der Waals surface area contributed by atoms with Gasteiger partial charge in [-0.2, -0.15) is 5.10 Å². The average Bonchev–Trinajstić information content (AvgIpc) is 3.31. The third-order valence-electron chi connectivity index (χ3n) is 4.00. The first kappa shape index (κ1) is 15.8. The second kappa shape index (κ2) is 6.32. The predicted octanol–water partition coefficient (Wildman–Crippen LogP) is 2.56. The second-order valence-corrected chi connectivity index (χ2v) is 6.01. The molecule has 0 radical (unpaired) electrons. The van der Waals surface area contributed by atoms with E-state index < -0.39 is 0 Å². The van der Waals surface area contributed by atoms with E-state index in [1.165, 1.54) is 0 Å². The maximum atomic E-state index is 12.2. The maximum Gasteiger partial charge on any atom is 0.253 e. The van der Waals surface area contributed by atoms with Crippen LogP contribution in [0.2, 0.25) is 0 Å². The first-order valence-corrected chi connectivity index (χ1v) is 8.03. The molecule has 0 aliphatic heterocycles. The Morgan fingerprint density at radius 2 is 2.12 bits per heavy atom. The summed E-state index contributed by atoms with van der Waals surface area (Å²) in [6.45, 7) is 0. The summed E-state index contributed by atoms with van der Waals surface area (Å²) in [5, 5.41) is 10.0. The van der Waals surface area contributed by atoms with Crippen molar-refractivity contribution in [2.45, 2.75) is 0 Å². The number of hydrogen-bond donors (Lipinski definition) is 2. The Hall–Kier alpha value is -3.68. The number of carbonyl (C=O) groups is 1. The Balaban J connectivity index is 1.70. The van der Waals surface area contributed by atoms with Crippen molar-refractivity contribution < 1.29 is 4.79 Å². The molecule has 4 rings (SSSR count). The number of nitrogens with zero attached hydrogens (tertiary/aromatic N) is 5. The number of carbonyl (C=O) groups excluding carboxylic acids is 1. The van der Waals surface area contributed by atoms with Crippen molar-refractivity contribution in [1.29, 1.82) is 0 Å². The van der Waals surface area contributed by atoms with Gasteiger partial charge in [0.25, 0.3) is 5.91 Å². The molecule has 1 amide bonds. The molecule has 0 saturated heterocycles. The van der Waals surface area contributed by atoms with Crippen LogP contribution in [0.4, 0.5) is 11.5 Å². The van der Waals surface area contributed by atoms with Crippen LogP contribution in [0.5, 0.6) is 0 Å². The van der Waals surface area contributed by atoms with Crippen molar-refractivity contribution in [2.24, 2.45) is 0 Å². The van der Waals surface area contributed by atoms with Gasteiger partial charge >= 0.3 is 0 Å². The normalized spacial score (nSPS) is 10.8. The number of amides is 1. The second-order valence-electron chi connectivity index (χ2n) is 6.01. The van der Waals surface area contributed by atoms with Gasteiger partial charge in [-0.15, -0.1) is 0 Å². The van der Waals surface area contributed by atoms with E-state index in [4.69, 9.17) is 0 Å². The SMILES string of the molecule is CN(C)C(=O)c1cccc(Nc2nccn3c(-c4cn[nH]c4)cnc23)c1. The van der Waals surface area contributed by atoms with Crippen LogP contribution in [0.25, 0.3) is 16.9 Å². The smallest absolute Gasteiger partial charge is 0.253 e. The summed E-state index contributed by atoms with van der Waals surface area (Å²) in [7, 11) is 3.46. The molecule has 130 valence electrons. The fourth-order valence-electron chi connectivity index (χ4n) is 2.74. The molecule has 0 fully saturated rings. The number of imidazole rings is 1. The van der Waals surface area contributed by atoms with Gasteiger partial charge in [0.05, 0.1) is 18.1 Å². The van der Waals surface area contributed by atoms with Crippen molar-refractivity contribution in [3.63, 3.8) is 0 Å². The van der Waals surface area contributed by atoms with Crippen LogP contribution in [0.15, 0.2) is 55.2 Å². The van der Waals surface area contributed by atoms with Gasteiger partial charge in [0.2, 0.25) is 0 Å². The molecule has 0 aliphatic carbocycles. The lowest BCUT2D eigenvalue weighted by atomic mass is 10.2. The quantitative estimate of drug-likeness (QED) is 0.592. The predicted molar refractivity (Wildman–Crippen MR) is 98.3 cm³/mol. The Kier molecular flexibility index (Phi) is 3.85. The third-order valence-corrected chi connectivity index (χ3v) is 4.00. The molecule has 26 heavy (non-hydrogen) atoms. The van der Waals surface area contributed by atoms with E-state index in [0.717, 1.165) is 16.9 Å². The van der Waals surface area contributed by atoms with E-state index >= 15 is 0 Å². The van der Waals surface area contributed by atoms with Crippen LogP contribution >= 0.6 is 0 Å². The molecule has 4 aromatic rings. The van der Waals surface area contributed by atoms with Crippen LogP contribution in [0, 0.1) is 0 Å². The van der Waals surface area contributed by atoms with Crippen molar-refractivity contribution in [2.75, 3.05) is 19.4 Å². The first-order valence-electron chi connectivity index (χ1n) is 8.03. The number of fused-ring (bicyclic) bond motifs is 1. The Morgan fingerprint density at radius 3 is 2.88 bits per heavy atom.